The number of rotatable bonds is 6. The second-order valence-electron chi connectivity index (χ2n) is 8.67. The Morgan fingerprint density at radius 1 is 1.03 bits per heavy atom. The molecule has 3 heterocycles. The minimum absolute atomic E-state index is 0.0506. The molecule has 5 rings (SSSR count). The highest BCUT2D eigenvalue weighted by molar-refractivity contribution is 7.15. The van der Waals surface area contributed by atoms with Crippen LogP contribution in [0, 0.1) is 0 Å². The number of nitrogens with two attached hydrogens (primary N) is 1. The predicted octanol–water partition coefficient (Wildman–Crippen LogP) is 5.40. The van der Waals surface area contributed by atoms with Crippen molar-refractivity contribution in [3.8, 4) is 10.4 Å². The molecule has 0 unspecified atom stereocenters. The molecule has 1 saturated carbocycles. The lowest BCUT2D eigenvalue weighted by Gasteiger charge is -2.17. The van der Waals surface area contributed by atoms with Crippen LogP contribution in [0.2, 0.25) is 0 Å². The zero-order chi connectivity index (χ0) is 23.3. The fourth-order valence-corrected chi connectivity index (χ4v) is 5.39. The summed E-state index contributed by atoms with van der Waals surface area (Å²) in [5.74, 6) is 1.04. The second-order valence-corrected chi connectivity index (χ2v) is 9.84. The second kappa shape index (κ2) is 10.2. The van der Waals surface area contributed by atoms with Crippen LogP contribution < -0.4 is 16.4 Å². The SMILES string of the molecule is Nc1ncnc2ccc(-c3ccc(CNc4ncccc4C(=O)NC4CCCCCC4)s3)cc12. The van der Waals surface area contributed by atoms with Gasteiger partial charge in [0.1, 0.15) is 18.0 Å². The molecule has 8 heteroatoms. The molecule has 0 aliphatic heterocycles. The molecule has 1 fully saturated rings. The summed E-state index contributed by atoms with van der Waals surface area (Å²) in [7, 11) is 0. The first-order valence-electron chi connectivity index (χ1n) is 11.8. The van der Waals surface area contributed by atoms with Crippen LogP contribution in [0.4, 0.5) is 11.6 Å². The lowest BCUT2D eigenvalue weighted by atomic mass is 10.1. The van der Waals surface area contributed by atoms with E-state index in [1.807, 2.05) is 30.3 Å². The number of nitrogens with zero attached hydrogens (tertiary/aromatic N) is 3. The summed E-state index contributed by atoms with van der Waals surface area (Å²) in [6.45, 7) is 0.588. The van der Waals surface area contributed by atoms with Crippen LogP contribution in [0.3, 0.4) is 0 Å². The smallest absolute Gasteiger partial charge is 0.255 e. The van der Waals surface area contributed by atoms with E-state index in [2.05, 4.69) is 37.7 Å². The number of nitrogens with one attached hydrogen (secondary N) is 2. The average molecular weight is 473 g/mol. The number of hydrogen-bond acceptors (Lipinski definition) is 7. The van der Waals surface area contributed by atoms with E-state index in [1.165, 1.54) is 32.0 Å². The first-order valence-corrected chi connectivity index (χ1v) is 12.6. The molecule has 1 aliphatic rings. The van der Waals surface area contributed by atoms with Gasteiger partial charge in [0, 0.05) is 27.4 Å². The van der Waals surface area contributed by atoms with Crippen molar-refractivity contribution in [2.24, 2.45) is 0 Å². The van der Waals surface area contributed by atoms with Gasteiger partial charge in [0.25, 0.3) is 5.91 Å². The lowest BCUT2D eigenvalue weighted by Crippen LogP contribution is -2.34. The van der Waals surface area contributed by atoms with Gasteiger partial charge in [-0.25, -0.2) is 15.0 Å². The molecule has 4 N–H and O–H groups in total. The van der Waals surface area contributed by atoms with E-state index < -0.39 is 0 Å². The van der Waals surface area contributed by atoms with Crippen molar-refractivity contribution >= 4 is 39.8 Å². The van der Waals surface area contributed by atoms with E-state index in [0.29, 0.717) is 23.7 Å². The third-order valence-corrected chi connectivity index (χ3v) is 7.42. The highest BCUT2D eigenvalue weighted by Gasteiger charge is 2.18. The van der Waals surface area contributed by atoms with Crippen LogP contribution in [0.25, 0.3) is 21.3 Å². The Balaban J connectivity index is 1.27. The van der Waals surface area contributed by atoms with E-state index in [0.717, 1.165) is 39.1 Å². The number of thiophene rings is 1. The number of carbonyl (C=O) groups is 1. The maximum Gasteiger partial charge on any atom is 0.255 e. The summed E-state index contributed by atoms with van der Waals surface area (Å²) in [4.78, 5) is 28.1. The van der Waals surface area contributed by atoms with Crippen LogP contribution in [0.15, 0.2) is 55.0 Å². The molecule has 0 saturated heterocycles. The Morgan fingerprint density at radius 3 is 2.74 bits per heavy atom. The normalized spacial score (nSPS) is 14.6. The van der Waals surface area contributed by atoms with Gasteiger partial charge in [-0.15, -0.1) is 11.3 Å². The van der Waals surface area contributed by atoms with E-state index in [9.17, 15) is 4.79 Å². The first-order chi connectivity index (χ1) is 16.7. The van der Waals surface area contributed by atoms with Crippen molar-refractivity contribution in [1.82, 2.24) is 20.3 Å². The van der Waals surface area contributed by atoms with Gasteiger partial charge in [0.2, 0.25) is 0 Å². The van der Waals surface area contributed by atoms with E-state index in [4.69, 9.17) is 5.73 Å². The topological polar surface area (TPSA) is 106 Å². The molecule has 1 aliphatic carbocycles. The Hall–Kier alpha value is -3.52. The molecule has 1 aromatic carbocycles. The molecule has 34 heavy (non-hydrogen) atoms. The molecule has 4 aromatic rings. The van der Waals surface area contributed by atoms with Gasteiger partial charge in [-0.2, -0.15) is 0 Å². The number of fused-ring (bicyclic) bond motifs is 1. The summed E-state index contributed by atoms with van der Waals surface area (Å²) in [5, 5.41) is 7.44. The summed E-state index contributed by atoms with van der Waals surface area (Å²) >= 11 is 1.69. The van der Waals surface area contributed by atoms with Crippen LogP contribution >= 0.6 is 11.3 Å². The van der Waals surface area contributed by atoms with Gasteiger partial charge < -0.3 is 16.4 Å². The van der Waals surface area contributed by atoms with Crippen LogP contribution in [-0.4, -0.2) is 26.9 Å². The number of benzene rings is 1. The van der Waals surface area contributed by atoms with Gasteiger partial charge in [0.05, 0.1) is 17.6 Å². The summed E-state index contributed by atoms with van der Waals surface area (Å²) in [5.41, 5.74) is 8.53. The average Bonchev–Trinajstić information content (AvgIpc) is 3.19. The lowest BCUT2D eigenvalue weighted by molar-refractivity contribution is 0.0934. The molecule has 3 aromatic heterocycles. The number of hydrogen-bond donors (Lipinski definition) is 3. The molecule has 174 valence electrons. The Kier molecular flexibility index (Phi) is 6.67. The Labute approximate surface area is 202 Å². The summed E-state index contributed by atoms with van der Waals surface area (Å²) in [6, 6.07) is 14.1. The quantitative estimate of drug-likeness (QED) is 0.325. The number of nitrogen functional groups attached to an aromatic ring is 1. The Bertz CT molecular complexity index is 1300. The van der Waals surface area contributed by atoms with Crippen LogP contribution in [0.1, 0.15) is 53.8 Å². The number of anilines is 2. The molecule has 7 nitrogen and oxygen atoms in total. The van der Waals surface area contributed by atoms with E-state index in [1.54, 1.807) is 17.5 Å². The highest BCUT2D eigenvalue weighted by atomic mass is 32.1. The van der Waals surface area contributed by atoms with Crippen molar-refractivity contribution in [2.45, 2.75) is 51.1 Å². The zero-order valence-corrected chi connectivity index (χ0v) is 19.8. The van der Waals surface area contributed by atoms with Gasteiger partial charge in [-0.05, 0) is 54.8 Å². The third kappa shape index (κ3) is 5.02. The number of aromatic nitrogens is 3. The first kappa shape index (κ1) is 22.3. The summed E-state index contributed by atoms with van der Waals surface area (Å²) in [6.07, 6.45) is 10.2. The maximum absolute atomic E-state index is 13.0. The molecule has 0 atom stereocenters. The maximum atomic E-state index is 13.0. The summed E-state index contributed by atoms with van der Waals surface area (Å²) < 4.78 is 0. The third-order valence-electron chi connectivity index (χ3n) is 6.29. The van der Waals surface area contributed by atoms with Crippen LogP contribution in [0.5, 0.6) is 0 Å². The standard InChI is InChI=1S/C26H28N6OS/c27-24-21-14-17(9-11-22(21)30-16-31-24)23-12-10-19(34-23)15-29-25-20(8-5-13-28-25)26(33)32-18-6-3-1-2-4-7-18/h5,8-14,16,18H,1-4,6-7,15H2,(H,28,29)(H,32,33)(H2,27,30,31). The minimum atomic E-state index is -0.0506. The van der Waals surface area contributed by atoms with Crippen molar-refractivity contribution in [3.05, 3.63) is 65.4 Å². The highest BCUT2D eigenvalue weighted by Crippen LogP contribution is 2.31. The molecule has 0 radical (unpaired) electrons. The molecule has 0 bridgehead atoms. The zero-order valence-electron chi connectivity index (χ0n) is 19.0. The van der Waals surface area contributed by atoms with Gasteiger partial charge in [-0.1, -0.05) is 31.7 Å². The van der Waals surface area contributed by atoms with Crippen molar-refractivity contribution in [1.29, 1.82) is 0 Å². The minimum Gasteiger partial charge on any atom is -0.383 e. The molecular formula is C26H28N6OS. The monoisotopic (exact) mass is 472 g/mol. The number of carbonyl (C=O) groups excluding carboxylic acids is 1. The van der Waals surface area contributed by atoms with E-state index in [-0.39, 0.29) is 11.9 Å². The van der Waals surface area contributed by atoms with Gasteiger partial charge >= 0.3 is 0 Å². The molecular weight excluding hydrogens is 444 g/mol. The van der Waals surface area contributed by atoms with Crippen molar-refractivity contribution < 1.29 is 4.79 Å². The van der Waals surface area contributed by atoms with Gasteiger partial charge in [-0.3, -0.25) is 4.79 Å². The van der Waals surface area contributed by atoms with Crippen molar-refractivity contribution in [3.63, 3.8) is 0 Å². The fourth-order valence-electron chi connectivity index (χ4n) is 4.45. The Morgan fingerprint density at radius 2 is 1.88 bits per heavy atom. The molecule has 0 spiro atoms. The largest absolute Gasteiger partial charge is 0.383 e. The van der Waals surface area contributed by atoms with Crippen LogP contribution in [-0.2, 0) is 6.54 Å². The molecule has 1 amide bonds. The van der Waals surface area contributed by atoms with E-state index >= 15 is 0 Å². The van der Waals surface area contributed by atoms with Gasteiger partial charge in [0.15, 0.2) is 0 Å². The van der Waals surface area contributed by atoms with Crippen molar-refractivity contribution in [2.75, 3.05) is 11.1 Å². The number of pyridine rings is 1. The number of amides is 1. The fraction of sp³-hybridized carbons (Fsp3) is 0.308. The predicted molar refractivity (Wildman–Crippen MR) is 138 cm³/mol.